The molecular weight excluding hydrogens is 302 g/mol. The van der Waals surface area contributed by atoms with Gasteiger partial charge in [0.15, 0.2) is 0 Å². The molecule has 1 saturated heterocycles. The molecule has 1 atom stereocenters. The first-order chi connectivity index (χ1) is 11.6. The summed E-state index contributed by atoms with van der Waals surface area (Å²) in [6.45, 7) is 8.24. The second-order valence-corrected chi connectivity index (χ2v) is 6.79. The maximum Gasteiger partial charge on any atom is 0.317 e. The Morgan fingerprint density at radius 1 is 1.33 bits per heavy atom. The number of hydrogen-bond donors (Lipinski definition) is 1. The third-order valence-electron chi connectivity index (χ3n) is 4.53. The minimum absolute atomic E-state index is 0.0276. The summed E-state index contributed by atoms with van der Waals surface area (Å²) in [5.41, 5.74) is 1.06. The maximum atomic E-state index is 12.4. The molecule has 2 heterocycles. The van der Waals surface area contributed by atoms with Gasteiger partial charge < -0.3 is 15.0 Å². The van der Waals surface area contributed by atoms with E-state index in [0.29, 0.717) is 12.6 Å². The molecule has 130 valence electrons. The summed E-state index contributed by atoms with van der Waals surface area (Å²) in [6, 6.07) is 8.43. The Hall–Kier alpha value is -2.01. The SMILES string of the molecule is CC(C)Oc1cccc(CNC(=O)N2CC[C@@H](N3CC=CC3)C2)c1. The number of likely N-dealkylation sites (tertiary alicyclic amines) is 1. The molecule has 1 N–H and O–H groups in total. The number of nitrogens with zero attached hydrogens (tertiary/aromatic N) is 2. The number of nitrogens with one attached hydrogen (secondary N) is 1. The van der Waals surface area contributed by atoms with E-state index in [1.54, 1.807) is 0 Å². The van der Waals surface area contributed by atoms with E-state index in [1.807, 2.05) is 43.0 Å². The van der Waals surface area contributed by atoms with Gasteiger partial charge in [-0.2, -0.15) is 0 Å². The van der Waals surface area contributed by atoms with E-state index < -0.39 is 0 Å². The molecule has 2 aliphatic rings. The maximum absolute atomic E-state index is 12.4. The van der Waals surface area contributed by atoms with Crippen LogP contribution in [0.2, 0.25) is 0 Å². The van der Waals surface area contributed by atoms with Crippen molar-refractivity contribution in [3.8, 4) is 5.75 Å². The number of benzene rings is 1. The Morgan fingerprint density at radius 2 is 2.12 bits per heavy atom. The quantitative estimate of drug-likeness (QED) is 0.845. The lowest BCUT2D eigenvalue weighted by molar-refractivity contribution is 0.199. The normalized spacial score (nSPS) is 20.8. The van der Waals surface area contributed by atoms with Crippen LogP contribution in [0.4, 0.5) is 4.79 Å². The topological polar surface area (TPSA) is 44.8 Å². The number of urea groups is 1. The van der Waals surface area contributed by atoms with Gasteiger partial charge in [0.05, 0.1) is 6.10 Å². The van der Waals surface area contributed by atoms with Crippen molar-refractivity contribution in [2.75, 3.05) is 26.2 Å². The van der Waals surface area contributed by atoms with Crippen molar-refractivity contribution in [3.63, 3.8) is 0 Å². The summed E-state index contributed by atoms with van der Waals surface area (Å²) < 4.78 is 5.70. The largest absolute Gasteiger partial charge is 0.491 e. The van der Waals surface area contributed by atoms with Crippen molar-refractivity contribution in [1.29, 1.82) is 0 Å². The van der Waals surface area contributed by atoms with Crippen molar-refractivity contribution in [1.82, 2.24) is 15.1 Å². The fourth-order valence-electron chi connectivity index (χ4n) is 3.31. The monoisotopic (exact) mass is 329 g/mol. The molecule has 2 amide bonds. The molecule has 0 saturated carbocycles. The van der Waals surface area contributed by atoms with Gasteiger partial charge in [-0.3, -0.25) is 4.90 Å². The molecule has 0 aliphatic carbocycles. The van der Waals surface area contributed by atoms with Gasteiger partial charge in [-0.1, -0.05) is 24.3 Å². The lowest BCUT2D eigenvalue weighted by Crippen LogP contribution is -2.41. The molecule has 0 bridgehead atoms. The van der Waals surface area contributed by atoms with Crippen LogP contribution < -0.4 is 10.1 Å². The first-order valence-corrected chi connectivity index (χ1v) is 8.79. The molecule has 1 fully saturated rings. The molecular formula is C19H27N3O2. The molecule has 0 radical (unpaired) electrons. The van der Waals surface area contributed by atoms with Crippen LogP contribution in [0.5, 0.6) is 5.75 Å². The van der Waals surface area contributed by atoms with E-state index in [1.165, 1.54) is 0 Å². The van der Waals surface area contributed by atoms with Gasteiger partial charge in [0.2, 0.25) is 0 Å². The Kier molecular flexibility index (Phi) is 5.41. The second-order valence-electron chi connectivity index (χ2n) is 6.79. The summed E-state index contributed by atoms with van der Waals surface area (Å²) in [5, 5.41) is 3.03. The number of amides is 2. The molecule has 2 aliphatic heterocycles. The third-order valence-corrected chi connectivity index (χ3v) is 4.53. The predicted octanol–water partition coefficient (Wildman–Crippen LogP) is 2.63. The van der Waals surface area contributed by atoms with Gasteiger partial charge in [-0.15, -0.1) is 0 Å². The highest BCUT2D eigenvalue weighted by Crippen LogP contribution is 2.18. The van der Waals surface area contributed by atoms with Gasteiger partial charge in [-0.05, 0) is 38.0 Å². The molecule has 5 heteroatoms. The van der Waals surface area contributed by atoms with Gasteiger partial charge in [0.1, 0.15) is 5.75 Å². The molecule has 0 unspecified atom stereocenters. The minimum atomic E-state index is 0.0276. The van der Waals surface area contributed by atoms with Crippen LogP contribution >= 0.6 is 0 Å². The minimum Gasteiger partial charge on any atom is -0.491 e. The van der Waals surface area contributed by atoms with Gasteiger partial charge in [-0.25, -0.2) is 4.79 Å². The first kappa shape index (κ1) is 16.8. The second kappa shape index (κ2) is 7.71. The van der Waals surface area contributed by atoms with E-state index in [4.69, 9.17) is 4.74 Å². The lowest BCUT2D eigenvalue weighted by atomic mass is 10.2. The Morgan fingerprint density at radius 3 is 2.88 bits per heavy atom. The number of carbonyl (C=O) groups excluding carboxylic acids is 1. The standard InChI is InChI=1S/C19H27N3O2/c1-15(2)24-18-7-5-6-16(12-18)13-20-19(23)22-11-8-17(14-22)21-9-3-4-10-21/h3-7,12,15,17H,8-11,13-14H2,1-2H3,(H,20,23)/t17-/m1/s1. The molecule has 1 aromatic carbocycles. The summed E-state index contributed by atoms with van der Waals surface area (Å²) in [4.78, 5) is 16.7. The van der Waals surface area contributed by atoms with Crippen molar-refractivity contribution < 1.29 is 9.53 Å². The smallest absolute Gasteiger partial charge is 0.317 e. The summed E-state index contributed by atoms with van der Waals surface area (Å²) in [6.07, 6.45) is 5.62. The third kappa shape index (κ3) is 4.29. The Bertz CT molecular complexity index is 592. The van der Waals surface area contributed by atoms with Crippen molar-refractivity contribution in [2.24, 2.45) is 0 Å². The first-order valence-electron chi connectivity index (χ1n) is 8.79. The number of ether oxygens (including phenoxy) is 1. The highest BCUT2D eigenvalue weighted by molar-refractivity contribution is 5.74. The molecule has 5 nitrogen and oxygen atoms in total. The van der Waals surface area contributed by atoms with Crippen molar-refractivity contribution in [3.05, 3.63) is 42.0 Å². The fourth-order valence-corrected chi connectivity index (χ4v) is 3.31. The van der Waals surface area contributed by atoms with Crippen molar-refractivity contribution >= 4 is 6.03 Å². The Labute approximate surface area is 144 Å². The van der Waals surface area contributed by atoms with Crippen LogP contribution in [0.25, 0.3) is 0 Å². The Balaban J connectivity index is 1.47. The van der Waals surface area contributed by atoms with Crippen LogP contribution in [0.15, 0.2) is 36.4 Å². The average molecular weight is 329 g/mol. The molecule has 0 spiro atoms. The van der Waals surface area contributed by atoms with E-state index in [2.05, 4.69) is 22.4 Å². The van der Waals surface area contributed by atoms with E-state index >= 15 is 0 Å². The number of carbonyl (C=O) groups is 1. The molecule has 3 rings (SSSR count). The van der Waals surface area contributed by atoms with Gasteiger partial charge in [0, 0.05) is 38.8 Å². The highest BCUT2D eigenvalue weighted by atomic mass is 16.5. The molecule has 0 aromatic heterocycles. The van der Waals surface area contributed by atoms with Gasteiger partial charge in [0.25, 0.3) is 0 Å². The predicted molar refractivity (Wildman–Crippen MR) is 95.1 cm³/mol. The van der Waals surface area contributed by atoms with Crippen LogP contribution in [-0.2, 0) is 6.54 Å². The zero-order chi connectivity index (χ0) is 16.9. The zero-order valence-corrected chi connectivity index (χ0v) is 14.6. The van der Waals surface area contributed by atoms with Gasteiger partial charge >= 0.3 is 6.03 Å². The fraction of sp³-hybridized carbons (Fsp3) is 0.526. The number of hydrogen-bond acceptors (Lipinski definition) is 3. The van der Waals surface area contributed by atoms with E-state index in [0.717, 1.165) is 43.9 Å². The zero-order valence-electron chi connectivity index (χ0n) is 14.6. The van der Waals surface area contributed by atoms with Crippen molar-refractivity contribution in [2.45, 2.75) is 39.0 Å². The lowest BCUT2D eigenvalue weighted by Gasteiger charge is -2.23. The summed E-state index contributed by atoms with van der Waals surface area (Å²) in [7, 11) is 0. The molecule has 1 aromatic rings. The highest BCUT2D eigenvalue weighted by Gasteiger charge is 2.30. The van der Waals surface area contributed by atoms with E-state index in [-0.39, 0.29) is 12.1 Å². The van der Waals surface area contributed by atoms with Crippen LogP contribution in [0.3, 0.4) is 0 Å². The van der Waals surface area contributed by atoms with Crippen LogP contribution in [0.1, 0.15) is 25.8 Å². The summed E-state index contributed by atoms with van der Waals surface area (Å²) >= 11 is 0. The number of rotatable bonds is 5. The van der Waals surface area contributed by atoms with Crippen LogP contribution in [0, 0.1) is 0 Å². The average Bonchev–Trinajstić information content (AvgIpc) is 3.23. The molecule has 24 heavy (non-hydrogen) atoms. The van der Waals surface area contributed by atoms with Crippen LogP contribution in [-0.4, -0.2) is 54.2 Å². The van der Waals surface area contributed by atoms with E-state index in [9.17, 15) is 4.79 Å². The summed E-state index contributed by atoms with van der Waals surface area (Å²) in [5.74, 6) is 0.847.